The molecule has 0 radical (unpaired) electrons. The smallest absolute Gasteiger partial charge is 0.180 e. The molecule has 0 saturated carbocycles. The summed E-state index contributed by atoms with van der Waals surface area (Å²) in [6.07, 6.45) is 3.25. The van der Waals surface area contributed by atoms with Crippen LogP contribution in [-0.4, -0.2) is 21.7 Å². The predicted molar refractivity (Wildman–Crippen MR) is 53.6 cm³/mol. The van der Waals surface area contributed by atoms with E-state index in [2.05, 4.69) is 4.98 Å². The highest BCUT2D eigenvalue weighted by Gasteiger charge is 2.10. The van der Waals surface area contributed by atoms with E-state index >= 15 is 0 Å². The molecule has 2 aromatic heterocycles. The third kappa shape index (κ3) is 1.29. The van der Waals surface area contributed by atoms with Gasteiger partial charge in [-0.3, -0.25) is 9.20 Å². The van der Waals surface area contributed by atoms with Gasteiger partial charge < -0.3 is 5.73 Å². The molecule has 0 saturated heterocycles. The summed E-state index contributed by atoms with van der Waals surface area (Å²) in [7, 11) is 0. The quantitative estimate of drug-likeness (QED) is 0.755. The van der Waals surface area contributed by atoms with Gasteiger partial charge in [-0.1, -0.05) is 11.6 Å². The summed E-state index contributed by atoms with van der Waals surface area (Å²) in [4.78, 5) is 15.5. The molecule has 0 unspecified atom stereocenters. The van der Waals surface area contributed by atoms with Gasteiger partial charge in [-0.05, 0) is 12.1 Å². The van der Waals surface area contributed by atoms with E-state index in [1.165, 1.54) is 6.20 Å². The fourth-order valence-corrected chi connectivity index (χ4v) is 1.49. The number of rotatable bonds is 2. The van der Waals surface area contributed by atoms with Crippen molar-refractivity contribution >= 4 is 23.0 Å². The van der Waals surface area contributed by atoms with Crippen LogP contribution in [0.15, 0.2) is 24.5 Å². The Morgan fingerprint density at radius 1 is 1.64 bits per heavy atom. The van der Waals surface area contributed by atoms with Crippen LogP contribution < -0.4 is 5.73 Å². The Morgan fingerprint density at radius 2 is 2.43 bits per heavy atom. The maximum absolute atomic E-state index is 11.4. The Morgan fingerprint density at radius 3 is 3.14 bits per heavy atom. The summed E-state index contributed by atoms with van der Waals surface area (Å²) in [6, 6.07) is 3.43. The molecule has 2 rings (SSSR count). The molecule has 0 fully saturated rings. The number of halogens is 1. The Kier molecular flexibility index (Phi) is 2.23. The molecule has 72 valence electrons. The molecule has 0 spiro atoms. The van der Waals surface area contributed by atoms with Crippen molar-refractivity contribution in [2.45, 2.75) is 0 Å². The van der Waals surface area contributed by atoms with Crippen molar-refractivity contribution in [1.29, 1.82) is 0 Å². The van der Waals surface area contributed by atoms with E-state index in [-0.39, 0.29) is 12.3 Å². The fourth-order valence-electron chi connectivity index (χ4n) is 1.31. The molecule has 0 bridgehead atoms. The van der Waals surface area contributed by atoms with Crippen LogP contribution >= 0.6 is 11.6 Å². The fraction of sp³-hybridized carbons (Fsp3) is 0.111. The number of imidazole rings is 1. The Bertz CT molecular complexity index is 492. The van der Waals surface area contributed by atoms with Crippen LogP contribution in [0.25, 0.3) is 5.65 Å². The minimum Gasteiger partial charge on any atom is -0.324 e. The van der Waals surface area contributed by atoms with Crippen LogP contribution in [0.2, 0.25) is 5.15 Å². The molecule has 0 aliphatic rings. The van der Waals surface area contributed by atoms with Gasteiger partial charge in [0.05, 0.1) is 18.3 Å². The maximum atomic E-state index is 11.4. The highest BCUT2D eigenvalue weighted by Crippen LogP contribution is 2.15. The van der Waals surface area contributed by atoms with Gasteiger partial charge in [0.25, 0.3) is 0 Å². The summed E-state index contributed by atoms with van der Waals surface area (Å²) in [6.45, 7) is -0.0237. The Labute approximate surface area is 85.3 Å². The zero-order valence-corrected chi connectivity index (χ0v) is 8.03. The topological polar surface area (TPSA) is 60.4 Å². The Hall–Kier alpha value is -1.39. The van der Waals surface area contributed by atoms with Crippen molar-refractivity contribution in [2.24, 2.45) is 5.73 Å². The number of carbonyl (C=O) groups is 1. The number of hydrogen-bond acceptors (Lipinski definition) is 3. The first-order valence-electron chi connectivity index (χ1n) is 4.09. The molecule has 0 aliphatic heterocycles. The van der Waals surface area contributed by atoms with Crippen LogP contribution in [0.1, 0.15) is 10.4 Å². The van der Waals surface area contributed by atoms with E-state index in [4.69, 9.17) is 17.3 Å². The number of Topliss-reactive ketones (excluding diaryl/α,β-unsaturated/α-hetero) is 1. The zero-order chi connectivity index (χ0) is 10.1. The average molecular weight is 210 g/mol. The number of nitrogens with two attached hydrogens (primary N) is 1. The van der Waals surface area contributed by atoms with Gasteiger partial charge in [0.15, 0.2) is 5.78 Å². The van der Waals surface area contributed by atoms with Crippen molar-refractivity contribution in [2.75, 3.05) is 6.54 Å². The van der Waals surface area contributed by atoms with Gasteiger partial charge >= 0.3 is 0 Å². The molecule has 2 heterocycles. The van der Waals surface area contributed by atoms with Crippen molar-refractivity contribution in [3.63, 3.8) is 0 Å². The standard InChI is InChI=1S/C9H8ClN3O/c10-8-5-12-9-6(7(14)4-11)2-1-3-13(8)9/h1-3,5H,4,11H2. The van der Waals surface area contributed by atoms with E-state index < -0.39 is 0 Å². The second-order valence-electron chi connectivity index (χ2n) is 2.82. The number of hydrogen-bond donors (Lipinski definition) is 1. The summed E-state index contributed by atoms with van der Waals surface area (Å²) in [5, 5.41) is 0.478. The SMILES string of the molecule is NCC(=O)c1cccn2c(Cl)cnc12. The number of aromatic nitrogens is 2. The van der Waals surface area contributed by atoms with Crippen LogP contribution in [0.5, 0.6) is 0 Å². The van der Waals surface area contributed by atoms with Crippen molar-refractivity contribution in [1.82, 2.24) is 9.38 Å². The predicted octanol–water partition coefficient (Wildman–Crippen LogP) is 1.13. The first-order valence-corrected chi connectivity index (χ1v) is 4.46. The first-order chi connectivity index (χ1) is 6.74. The largest absolute Gasteiger partial charge is 0.324 e. The van der Waals surface area contributed by atoms with Gasteiger partial charge in [-0.25, -0.2) is 4.98 Å². The third-order valence-corrected chi connectivity index (χ3v) is 2.26. The third-order valence-electron chi connectivity index (χ3n) is 1.98. The monoisotopic (exact) mass is 209 g/mol. The number of pyridine rings is 1. The molecule has 14 heavy (non-hydrogen) atoms. The van der Waals surface area contributed by atoms with Crippen LogP contribution in [0.4, 0.5) is 0 Å². The lowest BCUT2D eigenvalue weighted by Crippen LogP contribution is -2.14. The van der Waals surface area contributed by atoms with E-state index in [9.17, 15) is 4.79 Å². The van der Waals surface area contributed by atoms with Crippen LogP contribution in [0, 0.1) is 0 Å². The minimum atomic E-state index is -0.141. The molecule has 2 N–H and O–H groups in total. The Balaban J connectivity index is 2.71. The van der Waals surface area contributed by atoms with Gasteiger partial charge in [0.1, 0.15) is 10.8 Å². The normalized spacial score (nSPS) is 10.7. The lowest BCUT2D eigenvalue weighted by molar-refractivity contribution is 0.100. The molecule has 0 aliphatic carbocycles. The van der Waals surface area contributed by atoms with Crippen LogP contribution in [-0.2, 0) is 0 Å². The number of carbonyl (C=O) groups excluding carboxylic acids is 1. The second kappa shape index (κ2) is 3.40. The van der Waals surface area contributed by atoms with Gasteiger partial charge in [0.2, 0.25) is 0 Å². The molecule has 0 atom stereocenters. The van der Waals surface area contributed by atoms with E-state index in [0.29, 0.717) is 16.4 Å². The summed E-state index contributed by atoms with van der Waals surface area (Å²) >= 11 is 5.85. The van der Waals surface area contributed by atoms with Crippen molar-refractivity contribution in [3.05, 3.63) is 35.2 Å². The van der Waals surface area contributed by atoms with E-state index in [1.807, 2.05) is 0 Å². The second-order valence-corrected chi connectivity index (χ2v) is 3.21. The average Bonchev–Trinajstić information content (AvgIpc) is 2.59. The molecule has 0 amide bonds. The minimum absolute atomic E-state index is 0.0237. The first kappa shape index (κ1) is 9.18. The lowest BCUT2D eigenvalue weighted by Gasteiger charge is -2.00. The lowest BCUT2D eigenvalue weighted by atomic mass is 10.2. The molecular weight excluding hydrogens is 202 g/mol. The number of nitrogens with zero attached hydrogens (tertiary/aromatic N) is 2. The molecule has 5 heteroatoms. The molecule has 2 aromatic rings. The van der Waals surface area contributed by atoms with E-state index in [0.717, 1.165) is 0 Å². The summed E-state index contributed by atoms with van der Waals surface area (Å²) in [5.41, 5.74) is 6.33. The van der Waals surface area contributed by atoms with E-state index in [1.54, 1.807) is 22.7 Å². The summed E-state index contributed by atoms with van der Waals surface area (Å²) < 4.78 is 1.64. The number of ketones is 1. The zero-order valence-electron chi connectivity index (χ0n) is 7.27. The molecule has 4 nitrogen and oxygen atoms in total. The van der Waals surface area contributed by atoms with Crippen molar-refractivity contribution in [3.8, 4) is 0 Å². The number of fused-ring (bicyclic) bond motifs is 1. The molecule has 0 aromatic carbocycles. The highest BCUT2D eigenvalue weighted by molar-refractivity contribution is 6.29. The highest BCUT2D eigenvalue weighted by atomic mass is 35.5. The van der Waals surface area contributed by atoms with Gasteiger partial charge in [-0.15, -0.1) is 0 Å². The van der Waals surface area contributed by atoms with Crippen LogP contribution in [0.3, 0.4) is 0 Å². The summed E-state index contributed by atoms with van der Waals surface area (Å²) in [5.74, 6) is -0.141. The molecular formula is C9H8ClN3O. The van der Waals surface area contributed by atoms with Gasteiger partial charge in [-0.2, -0.15) is 0 Å². The van der Waals surface area contributed by atoms with Crippen molar-refractivity contribution < 1.29 is 4.79 Å². The maximum Gasteiger partial charge on any atom is 0.180 e. The van der Waals surface area contributed by atoms with Gasteiger partial charge in [0, 0.05) is 6.20 Å².